The summed E-state index contributed by atoms with van der Waals surface area (Å²) in [7, 11) is 0. The van der Waals surface area contributed by atoms with Crippen LogP contribution in [0.3, 0.4) is 0 Å². The number of nitrogens with zero attached hydrogens (tertiary/aromatic N) is 2. The first-order valence-electron chi connectivity index (χ1n) is 6.98. The van der Waals surface area contributed by atoms with Crippen molar-refractivity contribution in [3.63, 3.8) is 0 Å². The van der Waals surface area contributed by atoms with Gasteiger partial charge in [-0.1, -0.05) is 13.8 Å². The summed E-state index contributed by atoms with van der Waals surface area (Å²) < 4.78 is 0. The molecule has 0 spiro atoms. The van der Waals surface area contributed by atoms with E-state index in [2.05, 4.69) is 17.2 Å². The minimum absolute atomic E-state index is 0.0275. The van der Waals surface area contributed by atoms with Crippen molar-refractivity contribution in [2.75, 3.05) is 6.54 Å². The molecule has 1 N–H and O–H groups in total. The van der Waals surface area contributed by atoms with Crippen molar-refractivity contribution in [2.45, 2.75) is 52.1 Å². The van der Waals surface area contributed by atoms with E-state index < -0.39 is 5.54 Å². The van der Waals surface area contributed by atoms with E-state index in [1.165, 1.54) is 4.88 Å². The van der Waals surface area contributed by atoms with Crippen LogP contribution in [0.5, 0.6) is 0 Å². The molecule has 110 valence electrons. The van der Waals surface area contributed by atoms with Crippen LogP contribution in [-0.2, 0) is 16.0 Å². The Morgan fingerprint density at radius 2 is 2.20 bits per heavy atom. The molecule has 2 rings (SSSR count). The highest BCUT2D eigenvalue weighted by Gasteiger charge is 2.43. The highest BCUT2D eigenvalue weighted by atomic mass is 32.1. The maximum Gasteiger partial charge on any atom is 0.249 e. The Balaban J connectivity index is 2.26. The summed E-state index contributed by atoms with van der Waals surface area (Å²) in [5.41, 5.74) is -0.797. The minimum atomic E-state index is -0.797. The number of carbonyl (C=O) groups is 2. The lowest BCUT2D eigenvalue weighted by Crippen LogP contribution is -2.65. The molecule has 1 saturated heterocycles. The standard InChI is InChI=1S/C14H21N3O2S/c1-5-10-7-15-12(20-10)9(3)17-8-11(18)16-14(4,6-2)13(17)19/h7,9H,5-6,8H2,1-4H3,(H,16,18). The highest BCUT2D eigenvalue weighted by Crippen LogP contribution is 2.29. The molecular weight excluding hydrogens is 274 g/mol. The zero-order chi connectivity index (χ0) is 14.9. The van der Waals surface area contributed by atoms with Crippen LogP contribution < -0.4 is 5.32 Å². The number of nitrogens with one attached hydrogen (secondary N) is 1. The lowest BCUT2D eigenvalue weighted by molar-refractivity contribution is -0.151. The van der Waals surface area contributed by atoms with Crippen LogP contribution in [0.25, 0.3) is 0 Å². The molecule has 0 aliphatic carbocycles. The molecule has 6 heteroatoms. The topological polar surface area (TPSA) is 62.3 Å². The van der Waals surface area contributed by atoms with Crippen molar-refractivity contribution in [3.05, 3.63) is 16.1 Å². The number of thiazole rings is 1. The second-order valence-electron chi connectivity index (χ2n) is 5.36. The normalized spacial score (nSPS) is 24.7. The fraction of sp³-hybridized carbons (Fsp3) is 0.643. The van der Waals surface area contributed by atoms with Crippen LogP contribution in [-0.4, -0.2) is 33.8 Å². The fourth-order valence-corrected chi connectivity index (χ4v) is 3.23. The van der Waals surface area contributed by atoms with E-state index in [-0.39, 0.29) is 24.4 Å². The smallest absolute Gasteiger partial charge is 0.249 e. The monoisotopic (exact) mass is 295 g/mol. The number of carbonyl (C=O) groups excluding carboxylic acids is 2. The zero-order valence-corrected chi connectivity index (χ0v) is 13.2. The molecule has 5 nitrogen and oxygen atoms in total. The Labute approximate surface area is 123 Å². The molecule has 1 aliphatic heterocycles. The number of rotatable bonds is 4. The van der Waals surface area contributed by atoms with Gasteiger partial charge in [-0.05, 0) is 26.7 Å². The van der Waals surface area contributed by atoms with E-state index in [0.717, 1.165) is 11.4 Å². The fourth-order valence-electron chi connectivity index (χ4n) is 2.31. The van der Waals surface area contributed by atoms with Gasteiger partial charge in [0.1, 0.15) is 17.1 Å². The SMILES string of the molecule is CCc1cnc(C(C)N2CC(=O)NC(C)(CC)C2=O)s1. The molecule has 0 saturated carbocycles. The number of amides is 2. The van der Waals surface area contributed by atoms with Crippen molar-refractivity contribution in [1.82, 2.24) is 15.2 Å². The third kappa shape index (κ3) is 2.57. The molecule has 1 fully saturated rings. The van der Waals surface area contributed by atoms with E-state index in [4.69, 9.17) is 0 Å². The van der Waals surface area contributed by atoms with E-state index in [1.807, 2.05) is 20.0 Å². The summed E-state index contributed by atoms with van der Waals surface area (Å²) in [5.74, 6) is -0.131. The number of aromatic nitrogens is 1. The maximum absolute atomic E-state index is 12.6. The van der Waals surface area contributed by atoms with Crippen molar-refractivity contribution in [2.24, 2.45) is 0 Å². The largest absolute Gasteiger partial charge is 0.340 e. The van der Waals surface area contributed by atoms with Gasteiger partial charge in [0.2, 0.25) is 11.8 Å². The number of hydrogen-bond acceptors (Lipinski definition) is 4. The van der Waals surface area contributed by atoms with E-state index in [1.54, 1.807) is 23.2 Å². The lowest BCUT2D eigenvalue weighted by Gasteiger charge is -2.41. The van der Waals surface area contributed by atoms with Crippen LogP contribution in [0.1, 0.15) is 50.0 Å². The quantitative estimate of drug-likeness (QED) is 0.922. The second kappa shape index (κ2) is 5.52. The van der Waals surface area contributed by atoms with Gasteiger partial charge >= 0.3 is 0 Å². The molecular formula is C14H21N3O2S. The van der Waals surface area contributed by atoms with Gasteiger partial charge in [0.15, 0.2) is 0 Å². The van der Waals surface area contributed by atoms with Crippen LogP contribution in [0.4, 0.5) is 0 Å². The molecule has 1 aliphatic rings. The summed E-state index contributed by atoms with van der Waals surface area (Å²) in [6.07, 6.45) is 3.37. The van der Waals surface area contributed by atoms with Crippen LogP contribution in [0.2, 0.25) is 0 Å². The first kappa shape index (κ1) is 15.0. The Kier molecular flexibility index (Phi) is 4.13. The Hall–Kier alpha value is -1.43. The Morgan fingerprint density at radius 3 is 2.75 bits per heavy atom. The zero-order valence-electron chi connectivity index (χ0n) is 12.4. The average Bonchev–Trinajstić information content (AvgIpc) is 2.91. The first-order valence-corrected chi connectivity index (χ1v) is 7.79. The number of piperazine rings is 1. The van der Waals surface area contributed by atoms with Crippen LogP contribution >= 0.6 is 11.3 Å². The minimum Gasteiger partial charge on any atom is -0.340 e. The van der Waals surface area contributed by atoms with Gasteiger partial charge in [-0.2, -0.15) is 0 Å². The predicted octanol–water partition coefficient (Wildman–Crippen LogP) is 1.89. The van der Waals surface area contributed by atoms with Gasteiger partial charge in [0, 0.05) is 11.1 Å². The molecule has 0 aromatic carbocycles. The molecule has 2 amide bonds. The van der Waals surface area contributed by atoms with Gasteiger partial charge in [-0.3, -0.25) is 9.59 Å². The molecule has 0 radical (unpaired) electrons. The molecule has 20 heavy (non-hydrogen) atoms. The average molecular weight is 295 g/mol. The molecule has 1 aromatic heterocycles. The number of hydrogen-bond donors (Lipinski definition) is 1. The van der Waals surface area contributed by atoms with Gasteiger partial charge < -0.3 is 10.2 Å². The van der Waals surface area contributed by atoms with E-state index in [0.29, 0.717) is 6.42 Å². The van der Waals surface area contributed by atoms with Crippen molar-refractivity contribution < 1.29 is 9.59 Å². The van der Waals surface area contributed by atoms with Crippen molar-refractivity contribution >= 4 is 23.2 Å². The third-order valence-electron chi connectivity index (χ3n) is 3.91. The van der Waals surface area contributed by atoms with Crippen LogP contribution in [0.15, 0.2) is 6.20 Å². The predicted molar refractivity (Wildman–Crippen MR) is 78.5 cm³/mol. The van der Waals surface area contributed by atoms with Crippen LogP contribution in [0, 0.1) is 0 Å². The lowest BCUT2D eigenvalue weighted by atomic mass is 9.93. The molecule has 2 unspecified atom stereocenters. The Morgan fingerprint density at radius 1 is 1.50 bits per heavy atom. The molecule has 2 heterocycles. The molecule has 0 bridgehead atoms. The van der Waals surface area contributed by atoms with Gasteiger partial charge in [-0.25, -0.2) is 4.98 Å². The summed E-state index contributed by atoms with van der Waals surface area (Å²) in [6, 6.07) is -0.162. The third-order valence-corrected chi connectivity index (χ3v) is 5.23. The first-order chi connectivity index (χ1) is 9.41. The van der Waals surface area contributed by atoms with Gasteiger partial charge in [-0.15, -0.1) is 11.3 Å². The summed E-state index contributed by atoms with van der Waals surface area (Å²) in [6.45, 7) is 7.81. The van der Waals surface area contributed by atoms with E-state index in [9.17, 15) is 9.59 Å². The van der Waals surface area contributed by atoms with Gasteiger partial charge in [0.05, 0.1) is 6.04 Å². The summed E-state index contributed by atoms with van der Waals surface area (Å²) in [5, 5.41) is 3.69. The number of aryl methyl sites for hydroxylation is 1. The molecule has 1 aromatic rings. The second-order valence-corrected chi connectivity index (χ2v) is 6.51. The maximum atomic E-state index is 12.6. The summed E-state index contributed by atoms with van der Waals surface area (Å²) in [4.78, 5) is 31.7. The Bertz CT molecular complexity index is 528. The summed E-state index contributed by atoms with van der Waals surface area (Å²) >= 11 is 1.61. The van der Waals surface area contributed by atoms with Crippen molar-refractivity contribution in [3.8, 4) is 0 Å². The highest BCUT2D eigenvalue weighted by molar-refractivity contribution is 7.11. The van der Waals surface area contributed by atoms with E-state index >= 15 is 0 Å². The van der Waals surface area contributed by atoms with Gasteiger partial charge in [0.25, 0.3) is 0 Å². The van der Waals surface area contributed by atoms with Crippen molar-refractivity contribution in [1.29, 1.82) is 0 Å². The molecule has 2 atom stereocenters.